The molecule has 0 bridgehead atoms. The zero-order valence-corrected chi connectivity index (χ0v) is 17.1. The van der Waals surface area contributed by atoms with E-state index in [1.54, 1.807) is 0 Å². The summed E-state index contributed by atoms with van der Waals surface area (Å²) in [6, 6.07) is 15.2. The van der Waals surface area contributed by atoms with Crippen LogP contribution in [0.4, 0.5) is 16.2 Å². The average Bonchev–Trinajstić information content (AvgIpc) is 3.26. The molecular formula is C22H26ClN3O3. The number of hydrogen-bond acceptors (Lipinski definition) is 4. The van der Waals surface area contributed by atoms with Gasteiger partial charge in [-0.25, -0.2) is 4.79 Å². The molecule has 2 aromatic carbocycles. The Morgan fingerprint density at radius 1 is 1.14 bits per heavy atom. The van der Waals surface area contributed by atoms with E-state index in [-0.39, 0.29) is 12.1 Å². The Morgan fingerprint density at radius 3 is 2.72 bits per heavy atom. The lowest BCUT2D eigenvalue weighted by Gasteiger charge is -2.36. The first kappa shape index (κ1) is 19.9. The molecule has 0 aliphatic carbocycles. The highest BCUT2D eigenvalue weighted by atomic mass is 35.5. The number of hydrogen-bond donors (Lipinski definition) is 1. The number of urea groups is 1. The normalized spacial score (nSPS) is 19.3. The monoisotopic (exact) mass is 415 g/mol. The van der Waals surface area contributed by atoms with Crippen molar-refractivity contribution in [1.29, 1.82) is 0 Å². The highest BCUT2D eigenvalue weighted by molar-refractivity contribution is 6.30. The number of carbonyl (C=O) groups is 1. The van der Waals surface area contributed by atoms with Crippen molar-refractivity contribution in [2.24, 2.45) is 0 Å². The maximum atomic E-state index is 12.7. The van der Waals surface area contributed by atoms with Crippen molar-refractivity contribution in [1.82, 2.24) is 4.90 Å². The molecule has 2 amide bonds. The van der Waals surface area contributed by atoms with Crippen molar-refractivity contribution in [3.8, 4) is 5.75 Å². The van der Waals surface area contributed by atoms with Gasteiger partial charge in [0.1, 0.15) is 12.4 Å². The molecule has 0 spiro atoms. The van der Waals surface area contributed by atoms with Crippen LogP contribution in [-0.4, -0.2) is 56.4 Å². The van der Waals surface area contributed by atoms with Crippen molar-refractivity contribution >= 4 is 29.0 Å². The van der Waals surface area contributed by atoms with Crippen LogP contribution in [0.15, 0.2) is 48.5 Å². The van der Waals surface area contributed by atoms with Crippen LogP contribution in [0.5, 0.6) is 5.75 Å². The number of nitrogens with one attached hydrogen (secondary N) is 1. The summed E-state index contributed by atoms with van der Waals surface area (Å²) in [5.74, 6) is 0.740. The Labute approximate surface area is 176 Å². The topological polar surface area (TPSA) is 54.0 Å². The molecule has 0 saturated carbocycles. The molecule has 154 valence electrons. The van der Waals surface area contributed by atoms with E-state index >= 15 is 0 Å². The minimum atomic E-state index is -0.0907. The number of amides is 2. The van der Waals surface area contributed by atoms with Gasteiger partial charge in [0.15, 0.2) is 0 Å². The molecule has 2 heterocycles. The summed E-state index contributed by atoms with van der Waals surface area (Å²) < 4.78 is 11.4. The fourth-order valence-electron chi connectivity index (χ4n) is 3.67. The zero-order valence-electron chi connectivity index (χ0n) is 16.4. The maximum absolute atomic E-state index is 12.7. The summed E-state index contributed by atoms with van der Waals surface area (Å²) in [5, 5.41) is 3.71. The Hall–Kier alpha value is -2.44. The molecule has 1 atom stereocenters. The van der Waals surface area contributed by atoms with E-state index in [0.29, 0.717) is 19.7 Å². The van der Waals surface area contributed by atoms with Gasteiger partial charge >= 0.3 is 6.03 Å². The zero-order chi connectivity index (χ0) is 20.1. The van der Waals surface area contributed by atoms with Crippen LogP contribution in [0.3, 0.4) is 0 Å². The highest BCUT2D eigenvalue weighted by Crippen LogP contribution is 2.22. The Bertz CT molecular complexity index is 834. The van der Waals surface area contributed by atoms with Crippen LogP contribution < -0.4 is 15.0 Å². The van der Waals surface area contributed by atoms with Crippen molar-refractivity contribution in [3.05, 3.63) is 53.6 Å². The second-order valence-corrected chi connectivity index (χ2v) is 7.79. The highest BCUT2D eigenvalue weighted by Gasteiger charge is 2.22. The minimum Gasteiger partial charge on any atom is -0.491 e. The third-order valence-corrected chi connectivity index (χ3v) is 5.52. The summed E-state index contributed by atoms with van der Waals surface area (Å²) in [4.78, 5) is 16.7. The van der Waals surface area contributed by atoms with Gasteiger partial charge in [-0.2, -0.15) is 0 Å². The molecule has 2 fully saturated rings. The van der Waals surface area contributed by atoms with E-state index in [4.69, 9.17) is 21.1 Å². The molecule has 2 aliphatic heterocycles. The van der Waals surface area contributed by atoms with E-state index in [9.17, 15) is 4.79 Å². The summed E-state index contributed by atoms with van der Waals surface area (Å²) >= 11 is 6.09. The second kappa shape index (κ2) is 9.37. The van der Waals surface area contributed by atoms with Crippen LogP contribution in [0.2, 0.25) is 5.02 Å². The van der Waals surface area contributed by atoms with Gasteiger partial charge in [-0.3, -0.25) is 0 Å². The van der Waals surface area contributed by atoms with E-state index in [1.165, 1.54) is 0 Å². The molecule has 2 saturated heterocycles. The number of nitrogens with zero attached hydrogens (tertiary/aromatic N) is 2. The fraction of sp³-hybridized carbons (Fsp3) is 0.409. The first-order valence-corrected chi connectivity index (χ1v) is 10.5. The number of benzene rings is 2. The molecule has 29 heavy (non-hydrogen) atoms. The largest absolute Gasteiger partial charge is 0.491 e. The standard InChI is InChI=1S/C22H26ClN3O3/c23-17-4-1-6-19(14-17)25-9-11-26(12-10-25)22(27)24-18-5-2-7-20(15-18)29-16-21-8-3-13-28-21/h1-2,4-7,14-15,21H,3,8-13,16H2,(H,24,27). The van der Waals surface area contributed by atoms with Gasteiger partial charge < -0.3 is 24.6 Å². The van der Waals surface area contributed by atoms with Gasteiger partial charge in [0.05, 0.1) is 6.10 Å². The first-order valence-electron chi connectivity index (χ1n) is 10.1. The molecule has 1 unspecified atom stereocenters. The summed E-state index contributed by atoms with van der Waals surface area (Å²) in [6.07, 6.45) is 2.30. The first-order chi connectivity index (χ1) is 14.2. The average molecular weight is 416 g/mol. The summed E-state index contributed by atoms with van der Waals surface area (Å²) in [6.45, 7) is 4.23. The molecule has 1 N–H and O–H groups in total. The Kier molecular flexibility index (Phi) is 6.42. The molecule has 6 nitrogen and oxygen atoms in total. The van der Waals surface area contributed by atoms with Gasteiger partial charge in [0.2, 0.25) is 0 Å². The van der Waals surface area contributed by atoms with Crippen molar-refractivity contribution in [2.45, 2.75) is 18.9 Å². The predicted molar refractivity (Wildman–Crippen MR) is 115 cm³/mol. The lowest BCUT2D eigenvalue weighted by Crippen LogP contribution is -2.50. The van der Waals surface area contributed by atoms with Gasteiger partial charge in [0, 0.05) is 55.2 Å². The molecule has 7 heteroatoms. The smallest absolute Gasteiger partial charge is 0.321 e. The summed E-state index contributed by atoms with van der Waals surface area (Å²) in [7, 11) is 0. The fourth-order valence-corrected chi connectivity index (χ4v) is 3.86. The van der Waals surface area contributed by atoms with Gasteiger partial charge in [0.25, 0.3) is 0 Å². The van der Waals surface area contributed by atoms with Crippen LogP contribution >= 0.6 is 11.6 Å². The van der Waals surface area contributed by atoms with E-state index < -0.39 is 0 Å². The van der Waals surface area contributed by atoms with Crippen molar-refractivity contribution in [2.75, 3.05) is 49.6 Å². The molecular weight excluding hydrogens is 390 g/mol. The van der Waals surface area contributed by atoms with Gasteiger partial charge in [-0.05, 0) is 43.2 Å². The quantitative estimate of drug-likeness (QED) is 0.793. The molecule has 2 aliphatic rings. The molecule has 0 aromatic heterocycles. The number of piperazine rings is 1. The van der Waals surface area contributed by atoms with Crippen LogP contribution in [0, 0.1) is 0 Å². The van der Waals surface area contributed by atoms with Crippen LogP contribution in [0.1, 0.15) is 12.8 Å². The minimum absolute atomic E-state index is 0.0907. The van der Waals surface area contributed by atoms with E-state index in [0.717, 1.165) is 54.7 Å². The lowest BCUT2D eigenvalue weighted by atomic mass is 10.2. The third-order valence-electron chi connectivity index (χ3n) is 5.29. The molecule has 2 aromatic rings. The summed E-state index contributed by atoms with van der Waals surface area (Å²) in [5.41, 5.74) is 1.82. The second-order valence-electron chi connectivity index (χ2n) is 7.36. The third kappa shape index (κ3) is 5.34. The van der Waals surface area contributed by atoms with Gasteiger partial charge in [-0.15, -0.1) is 0 Å². The SMILES string of the molecule is O=C(Nc1cccc(OCC2CCCO2)c1)N1CCN(c2cccc(Cl)c2)CC1. The van der Waals surface area contributed by atoms with Crippen LogP contribution in [0.25, 0.3) is 0 Å². The molecule has 4 rings (SSSR count). The van der Waals surface area contributed by atoms with E-state index in [1.807, 2.05) is 53.4 Å². The Morgan fingerprint density at radius 2 is 1.97 bits per heavy atom. The predicted octanol–water partition coefficient (Wildman–Crippen LogP) is 4.25. The maximum Gasteiger partial charge on any atom is 0.321 e. The Balaban J connectivity index is 1.28. The van der Waals surface area contributed by atoms with Crippen molar-refractivity contribution in [3.63, 3.8) is 0 Å². The van der Waals surface area contributed by atoms with E-state index in [2.05, 4.69) is 10.2 Å². The number of rotatable bonds is 5. The number of carbonyl (C=O) groups excluding carboxylic acids is 1. The number of halogens is 1. The van der Waals surface area contributed by atoms with Crippen molar-refractivity contribution < 1.29 is 14.3 Å². The van der Waals surface area contributed by atoms with Crippen LogP contribution in [-0.2, 0) is 4.74 Å². The number of anilines is 2. The molecule has 0 radical (unpaired) electrons. The number of ether oxygens (including phenoxy) is 2. The lowest BCUT2D eigenvalue weighted by molar-refractivity contribution is 0.0680. The van der Waals surface area contributed by atoms with Gasteiger partial charge in [-0.1, -0.05) is 23.7 Å².